The van der Waals surface area contributed by atoms with Gasteiger partial charge >= 0.3 is 0 Å². The van der Waals surface area contributed by atoms with Crippen molar-refractivity contribution in [1.82, 2.24) is 20.2 Å². The van der Waals surface area contributed by atoms with Gasteiger partial charge in [0.1, 0.15) is 11.2 Å². The van der Waals surface area contributed by atoms with Crippen LogP contribution < -0.4 is 5.32 Å². The number of carbonyl (C=O) groups is 2. The van der Waals surface area contributed by atoms with Crippen molar-refractivity contribution in [2.75, 3.05) is 27.3 Å². The molecule has 2 rings (SSSR count). The van der Waals surface area contributed by atoms with E-state index >= 15 is 0 Å². The van der Waals surface area contributed by atoms with Gasteiger partial charge in [0.25, 0.3) is 5.91 Å². The van der Waals surface area contributed by atoms with Crippen molar-refractivity contribution < 1.29 is 14.3 Å². The van der Waals surface area contributed by atoms with Crippen LogP contribution in [0.15, 0.2) is 12.4 Å². The monoisotopic (exact) mass is 292 g/mol. The Labute approximate surface area is 123 Å². The second kappa shape index (κ2) is 6.17. The van der Waals surface area contributed by atoms with E-state index < -0.39 is 5.54 Å². The van der Waals surface area contributed by atoms with E-state index in [1.807, 2.05) is 0 Å². The first-order chi connectivity index (χ1) is 10.0. The van der Waals surface area contributed by atoms with E-state index in [1.54, 1.807) is 25.1 Å². The van der Waals surface area contributed by atoms with Crippen LogP contribution in [-0.2, 0) is 9.53 Å². The summed E-state index contributed by atoms with van der Waals surface area (Å²) < 4.78 is 5.20. The molecule has 1 saturated heterocycles. The molecule has 114 valence electrons. The van der Waals surface area contributed by atoms with Crippen molar-refractivity contribution in [3.05, 3.63) is 23.8 Å². The third kappa shape index (κ3) is 2.73. The Morgan fingerprint density at radius 2 is 2.19 bits per heavy atom. The SMILES string of the molecule is CNC(=O)C1(COC)CCCN1C(=O)c1cnc(C)cn1. The maximum Gasteiger partial charge on any atom is 0.275 e. The van der Waals surface area contributed by atoms with Crippen molar-refractivity contribution in [2.45, 2.75) is 25.3 Å². The maximum atomic E-state index is 12.7. The number of nitrogens with zero attached hydrogens (tertiary/aromatic N) is 3. The average molecular weight is 292 g/mol. The van der Waals surface area contributed by atoms with Gasteiger partial charge in [0.05, 0.1) is 18.5 Å². The number of carbonyl (C=O) groups excluding carboxylic acids is 2. The molecule has 1 unspecified atom stereocenters. The predicted molar refractivity (Wildman–Crippen MR) is 75.7 cm³/mol. The molecule has 1 aliphatic rings. The molecule has 1 fully saturated rings. The standard InChI is InChI=1S/C14H20N4O3/c1-10-7-17-11(8-16-10)12(19)18-6-4-5-14(18,9-21-3)13(20)15-2/h7-8H,4-6,9H2,1-3H3,(H,15,20). The molecule has 1 atom stereocenters. The normalized spacial score (nSPS) is 21.4. The molecule has 0 saturated carbocycles. The van der Waals surface area contributed by atoms with Crippen LogP contribution >= 0.6 is 0 Å². The average Bonchev–Trinajstić information content (AvgIpc) is 2.91. The number of hydrogen-bond acceptors (Lipinski definition) is 5. The molecule has 7 nitrogen and oxygen atoms in total. The first-order valence-electron chi connectivity index (χ1n) is 6.87. The van der Waals surface area contributed by atoms with Crippen LogP contribution in [0.2, 0.25) is 0 Å². The number of likely N-dealkylation sites (tertiary alicyclic amines) is 1. The van der Waals surface area contributed by atoms with Crippen LogP contribution in [0.4, 0.5) is 0 Å². The van der Waals surface area contributed by atoms with Gasteiger partial charge in [-0.3, -0.25) is 14.6 Å². The van der Waals surface area contributed by atoms with Gasteiger partial charge in [-0.05, 0) is 19.8 Å². The molecule has 1 aliphatic heterocycles. The topological polar surface area (TPSA) is 84.4 Å². The van der Waals surface area contributed by atoms with E-state index in [4.69, 9.17) is 4.74 Å². The van der Waals surface area contributed by atoms with Crippen molar-refractivity contribution in [1.29, 1.82) is 0 Å². The van der Waals surface area contributed by atoms with Gasteiger partial charge in [0, 0.05) is 26.9 Å². The lowest BCUT2D eigenvalue weighted by Gasteiger charge is -2.35. The van der Waals surface area contributed by atoms with Gasteiger partial charge in [-0.2, -0.15) is 0 Å². The van der Waals surface area contributed by atoms with Crippen molar-refractivity contribution in [2.24, 2.45) is 0 Å². The van der Waals surface area contributed by atoms with Gasteiger partial charge in [0.2, 0.25) is 5.91 Å². The summed E-state index contributed by atoms with van der Waals surface area (Å²) in [6.45, 7) is 2.47. The molecular formula is C14H20N4O3. The highest BCUT2D eigenvalue weighted by molar-refractivity contribution is 5.98. The highest BCUT2D eigenvalue weighted by Gasteiger charge is 2.49. The third-order valence-electron chi connectivity index (χ3n) is 3.77. The summed E-state index contributed by atoms with van der Waals surface area (Å²) in [5, 5.41) is 2.63. The molecule has 21 heavy (non-hydrogen) atoms. The minimum atomic E-state index is -0.965. The zero-order chi connectivity index (χ0) is 15.5. The summed E-state index contributed by atoms with van der Waals surface area (Å²) in [5.41, 5.74) is 0.0157. The van der Waals surface area contributed by atoms with Gasteiger partial charge in [-0.15, -0.1) is 0 Å². The molecule has 0 bridgehead atoms. The van der Waals surface area contributed by atoms with Crippen molar-refractivity contribution in [3.8, 4) is 0 Å². The van der Waals surface area contributed by atoms with Gasteiger partial charge in [-0.1, -0.05) is 0 Å². The van der Waals surface area contributed by atoms with E-state index in [9.17, 15) is 9.59 Å². The highest BCUT2D eigenvalue weighted by Crippen LogP contribution is 2.31. The van der Waals surface area contributed by atoms with Gasteiger partial charge < -0.3 is 15.0 Å². The number of ether oxygens (including phenoxy) is 1. The molecule has 0 aliphatic carbocycles. The molecule has 1 aromatic rings. The Morgan fingerprint density at radius 3 is 2.76 bits per heavy atom. The fraction of sp³-hybridized carbons (Fsp3) is 0.571. The lowest BCUT2D eigenvalue weighted by molar-refractivity contribution is -0.133. The Morgan fingerprint density at radius 1 is 1.43 bits per heavy atom. The fourth-order valence-corrected chi connectivity index (χ4v) is 2.74. The van der Waals surface area contributed by atoms with Crippen LogP contribution in [-0.4, -0.2) is 59.5 Å². The fourth-order valence-electron chi connectivity index (χ4n) is 2.74. The lowest BCUT2D eigenvalue weighted by Crippen LogP contribution is -2.59. The van der Waals surface area contributed by atoms with E-state index in [1.165, 1.54) is 13.3 Å². The van der Waals surface area contributed by atoms with Crippen LogP contribution in [0.5, 0.6) is 0 Å². The highest BCUT2D eigenvalue weighted by atomic mass is 16.5. The largest absolute Gasteiger partial charge is 0.382 e. The summed E-state index contributed by atoms with van der Waals surface area (Å²) in [7, 11) is 3.09. The molecule has 0 radical (unpaired) electrons. The molecule has 2 amide bonds. The first kappa shape index (κ1) is 15.4. The number of rotatable bonds is 4. The molecule has 1 aromatic heterocycles. The number of likely N-dealkylation sites (N-methyl/N-ethyl adjacent to an activating group) is 1. The van der Waals surface area contributed by atoms with Crippen molar-refractivity contribution >= 4 is 11.8 Å². The second-order valence-corrected chi connectivity index (χ2v) is 5.15. The number of methoxy groups -OCH3 is 1. The molecule has 2 heterocycles. The quantitative estimate of drug-likeness (QED) is 0.854. The first-order valence-corrected chi connectivity index (χ1v) is 6.87. The molecule has 0 aromatic carbocycles. The summed E-state index contributed by atoms with van der Waals surface area (Å²) in [5.74, 6) is -0.504. The Hall–Kier alpha value is -2.02. The third-order valence-corrected chi connectivity index (χ3v) is 3.77. The molecule has 7 heteroatoms. The second-order valence-electron chi connectivity index (χ2n) is 5.15. The van der Waals surface area contributed by atoms with Gasteiger partial charge in [-0.25, -0.2) is 4.98 Å². The number of nitrogens with one attached hydrogen (secondary N) is 1. The number of amides is 2. The predicted octanol–water partition coefficient (Wildman–Crippen LogP) is 0.152. The molecular weight excluding hydrogens is 272 g/mol. The van der Waals surface area contributed by atoms with Gasteiger partial charge in [0.15, 0.2) is 0 Å². The van der Waals surface area contributed by atoms with Crippen molar-refractivity contribution in [3.63, 3.8) is 0 Å². The minimum Gasteiger partial charge on any atom is -0.382 e. The van der Waals surface area contributed by atoms with E-state index in [0.29, 0.717) is 13.0 Å². The zero-order valence-corrected chi connectivity index (χ0v) is 12.5. The van der Waals surface area contributed by atoms with Crippen LogP contribution in [0.25, 0.3) is 0 Å². The Kier molecular flexibility index (Phi) is 4.52. The van der Waals surface area contributed by atoms with Crippen LogP contribution in [0.3, 0.4) is 0 Å². The van der Waals surface area contributed by atoms with E-state index in [0.717, 1.165) is 12.1 Å². The Bertz CT molecular complexity index is 532. The van der Waals surface area contributed by atoms with E-state index in [2.05, 4.69) is 15.3 Å². The van der Waals surface area contributed by atoms with E-state index in [-0.39, 0.29) is 24.1 Å². The molecule has 0 spiro atoms. The number of hydrogen-bond donors (Lipinski definition) is 1. The summed E-state index contributed by atoms with van der Waals surface area (Å²) >= 11 is 0. The number of aryl methyl sites for hydroxylation is 1. The smallest absolute Gasteiger partial charge is 0.275 e. The Balaban J connectivity index is 2.33. The van der Waals surface area contributed by atoms with Crippen LogP contribution in [0.1, 0.15) is 29.0 Å². The zero-order valence-electron chi connectivity index (χ0n) is 12.5. The summed E-state index contributed by atoms with van der Waals surface area (Å²) in [4.78, 5) is 34.7. The lowest BCUT2D eigenvalue weighted by atomic mass is 9.95. The molecule has 1 N–H and O–H groups in total. The summed E-state index contributed by atoms with van der Waals surface area (Å²) in [6.07, 6.45) is 4.31. The minimum absolute atomic E-state index is 0.164. The maximum absolute atomic E-state index is 12.7. The summed E-state index contributed by atoms with van der Waals surface area (Å²) in [6, 6.07) is 0. The van der Waals surface area contributed by atoms with Crippen LogP contribution in [0, 0.1) is 6.92 Å². The number of aromatic nitrogens is 2.